The number of rotatable bonds is 4. The van der Waals surface area contributed by atoms with Gasteiger partial charge in [0.2, 0.25) is 0 Å². The Bertz CT molecular complexity index is 238. The van der Waals surface area contributed by atoms with E-state index in [2.05, 4.69) is 4.90 Å². The molecule has 0 saturated carbocycles. The van der Waals surface area contributed by atoms with Crippen LogP contribution in [0.5, 0.6) is 0 Å². The fraction of sp³-hybridized carbons (Fsp3) is 1.00. The lowest BCUT2D eigenvalue weighted by Gasteiger charge is -2.26. The van der Waals surface area contributed by atoms with Crippen molar-refractivity contribution in [2.45, 2.75) is 6.42 Å². The zero-order chi connectivity index (χ0) is 9.73. The maximum Gasteiger partial charge on any atom is 0.264 e. The minimum atomic E-state index is -3.78. The SMILES string of the molecule is Cl.O=S(=O)(O)CCCN1CCOCC1. The molecule has 7 heteroatoms. The lowest BCUT2D eigenvalue weighted by molar-refractivity contribution is 0.0380. The Labute approximate surface area is 90.6 Å². The van der Waals surface area contributed by atoms with E-state index in [0.29, 0.717) is 26.2 Å². The van der Waals surface area contributed by atoms with E-state index in [-0.39, 0.29) is 18.2 Å². The summed E-state index contributed by atoms with van der Waals surface area (Å²) in [5.74, 6) is -0.148. The number of morpholine rings is 1. The smallest absolute Gasteiger partial charge is 0.264 e. The first-order valence-corrected chi connectivity index (χ1v) is 5.94. The zero-order valence-electron chi connectivity index (χ0n) is 7.89. The third-order valence-electron chi connectivity index (χ3n) is 1.98. The first-order valence-electron chi connectivity index (χ1n) is 4.33. The van der Waals surface area contributed by atoms with E-state index >= 15 is 0 Å². The van der Waals surface area contributed by atoms with Crippen molar-refractivity contribution in [2.24, 2.45) is 0 Å². The maximum absolute atomic E-state index is 10.4. The predicted molar refractivity (Wildman–Crippen MR) is 55.5 cm³/mol. The molecule has 5 nitrogen and oxygen atoms in total. The van der Waals surface area contributed by atoms with Gasteiger partial charge in [-0.3, -0.25) is 9.45 Å². The van der Waals surface area contributed by atoms with Gasteiger partial charge in [0.1, 0.15) is 0 Å². The van der Waals surface area contributed by atoms with Gasteiger partial charge in [-0.15, -0.1) is 12.4 Å². The van der Waals surface area contributed by atoms with Crippen molar-refractivity contribution >= 4 is 22.5 Å². The molecule has 0 aromatic heterocycles. The van der Waals surface area contributed by atoms with E-state index in [4.69, 9.17) is 9.29 Å². The minimum absolute atomic E-state index is 0. The number of nitrogens with zero attached hydrogens (tertiary/aromatic N) is 1. The molecule has 0 bridgehead atoms. The van der Waals surface area contributed by atoms with Crippen molar-refractivity contribution in [2.75, 3.05) is 38.6 Å². The molecule has 1 N–H and O–H groups in total. The van der Waals surface area contributed by atoms with E-state index < -0.39 is 10.1 Å². The van der Waals surface area contributed by atoms with Crippen molar-refractivity contribution in [1.82, 2.24) is 4.90 Å². The average Bonchev–Trinajstić information content (AvgIpc) is 2.04. The number of hydrogen-bond donors (Lipinski definition) is 1. The van der Waals surface area contributed by atoms with Crippen LogP contribution in [0.3, 0.4) is 0 Å². The normalized spacial score (nSPS) is 18.9. The van der Waals surface area contributed by atoms with Gasteiger partial charge in [0.15, 0.2) is 0 Å². The van der Waals surface area contributed by atoms with Gasteiger partial charge in [0, 0.05) is 13.1 Å². The Morgan fingerprint density at radius 3 is 2.36 bits per heavy atom. The van der Waals surface area contributed by atoms with E-state index in [9.17, 15) is 8.42 Å². The van der Waals surface area contributed by atoms with Crippen LogP contribution in [0.1, 0.15) is 6.42 Å². The summed E-state index contributed by atoms with van der Waals surface area (Å²) in [6, 6.07) is 0. The van der Waals surface area contributed by atoms with Gasteiger partial charge in [-0.1, -0.05) is 0 Å². The van der Waals surface area contributed by atoms with Crippen molar-refractivity contribution in [3.63, 3.8) is 0 Å². The molecule has 0 spiro atoms. The van der Waals surface area contributed by atoms with Crippen LogP contribution in [0, 0.1) is 0 Å². The summed E-state index contributed by atoms with van der Waals surface area (Å²) < 4.78 is 34.4. The monoisotopic (exact) mass is 245 g/mol. The van der Waals surface area contributed by atoms with Crippen LogP contribution in [0.25, 0.3) is 0 Å². The molecular weight excluding hydrogens is 230 g/mol. The van der Waals surface area contributed by atoms with Crippen molar-refractivity contribution in [1.29, 1.82) is 0 Å². The van der Waals surface area contributed by atoms with E-state index in [0.717, 1.165) is 13.1 Å². The fourth-order valence-corrected chi connectivity index (χ4v) is 1.79. The van der Waals surface area contributed by atoms with Crippen molar-refractivity contribution in [3.05, 3.63) is 0 Å². The summed E-state index contributed by atoms with van der Waals surface area (Å²) in [4.78, 5) is 2.13. The lowest BCUT2D eigenvalue weighted by atomic mass is 10.4. The summed E-state index contributed by atoms with van der Waals surface area (Å²) >= 11 is 0. The maximum atomic E-state index is 10.4. The molecule has 1 fully saturated rings. The summed E-state index contributed by atoms with van der Waals surface area (Å²) in [6.45, 7) is 3.85. The highest BCUT2D eigenvalue weighted by atomic mass is 35.5. The average molecular weight is 246 g/mol. The summed E-state index contributed by atoms with van der Waals surface area (Å²) in [6.07, 6.45) is 0.485. The third-order valence-corrected chi connectivity index (χ3v) is 2.78. The summed E-state index contributed by atoms with van der Waals surface area (Å²) in [7, 11) is -3.78. The summed E-state index contributed by atoms with van der Waals surface area (Å²) in [5, 5.41) is 0. The standard InChI is InChI=1S/C7H15NO4S.ClH/c9-13(10,11)7-1-2-8-3-5-12-6-4-8;/h1-7H2,(H,9,10,11);1H. The molecule has 1 aliphatic rings. The Morgan fingerprint density at radius 1 is 1.29 bits per heavy atom. The highest BCUT2D eigenvalue weighted by Crippen LogP contribution is 1.99. The van der Waals surface area contributed by atoms with Crippen molar-refractivity contribution < 1.29 is 17.7 Å². The fourth-order valence-electron chi connectivity index (χ4n) is 1.30. The predicted octanol–water partition coefficient (Wildman–Crippen LogP) is 0.0183. The third kappa shape index (κ3) is 6.56. The molecule has 14 heavy (non-hydrogen) atoms. The molecule has 0 aromatic carbocycles. The van der Waals surface area contributed by atoms with Gasteiger partial charge in [-0.25, -0.2) is 0 Å². The van der Waals surface area contributed by atoms with Gasteiger partial charge in [-0.2, -0.15) is 8.42 Å². The summed E-state index contributed by atoms with van der Waals surface area (Å²) in [5.41, 5.74) is 0. The second-order valence-corrected chi connectivity index (χ2v) is 4.67. The lowest BCUT2D eigenvalue weighted by Crippen LogP contribution is -2.37. The zero-order valence-corrected chi connectivity index (χ0v) is 9.52. The van der Waals surface area contributed by atoms with Gasteiger partial charge in [0.05, 0.1) is 19.0 Å². The van der Waals surface area contributed by atoms with Gasteiger partial charge in [0.25, 0.3) is 10.1 Å². The van der Waals surface area contributed by atoms with Gasteiger partial charge in [-0.05, 0) is 13.0 Å². The Kier molecular flexibility index (Phi) is 6.63. The first kappa shape index (κ1) is 14.1. The molecule has 0 aromatic rings. The van der Waals surface area contributed by atoms with Crippen LogP contribution in [-0.4, -0.2) is 56.5 Å². The Hall–Kier alpha value is 0.120. The second kappa shape index (κ2) is 6.58. The molecule has 1 heterocycles. The van der Waals surface area contributed by atoms with Crippen LogP contribution < -0.4 is 0 Å². The molecule has 1 aliphatic heterocycles. The Morgan fingerprint density at radius 2 is 1.86 bits per heavy atom. The van der Waals surface area contributed by atoms with Crippen molar-refractivity contribution in [3.8, 4) is 0 Å². The largest absolute Gasteiger partial charge is 0.379 e. The number of halogens is 1. The van der Waals surface area contributed by atoms with Crippen LogP contribution in [0.15, 0.2) is 0 Å². The van der Waals surface area contributed by atoms with Gasteiger partial charge >= 0.3 is 0 Å². The minimum Gasteiger partial charge on any atom is -0.379 e. The molecule has 0 aliphatic carbocycles. The quantitative estimate of drug-likeness (QED) is 0.708. The number of ether oxygens (including phenoxy) is 1. The number of hydrogen-bond acceptors (Lipinski definition) is 4. The highest BCUT2D eigenvalue weighted by Gasteiger charge is 2.11. The van der Waals surface area contributed by atoms with Crippen LogP contribution in [0.4, 0.5) is 0 Å². The first-order chi connectivity index (χ1) is 6.08. The molecule has 0 radical (unpaired) electrons. The van der Waals surface area contributed by atoms with E-state index in [1.165, 1.54) is 0 Å². The molecule has 0 atom stereocenters. The van der Waals surface area contributed by atoms with E-state index in [1.807, 2.05) is 0 Å². The van der Waals surface area contributed by atoms with Gasteiger partial charge < -0.3 is 4.74 Å². The molecule has 0 unspecified atom stereocenters. The van der Waals surface area contributed by atoms with Crippen LogP contribution in [0.2, 0.25) is 0 Å². The second-order valence-electron chi connectivity index (χ2n) is 3.09. The van der Waals surface area contributed by atoms with Crippen LogP contribution in [-0.2, 0) is 14.9 Å². The molecule has 86 valence electrons. The molecule has 1 saturated heterocycles. The van der Waals surface area contributed by atoms with Crippen LogP contribution >= 0.6 is 12.4 Å². The molecular formula is C7H16ClNO4S. The van der Waals surface area contributed by atoms with E-state index in [1.54, 1.807) is 0 Å². The highest BCUT2D eigenvalue weighted by molar-refractivity contribution is 7.85. The Balaban J connectivity index is 0.00000169. The molecule has 1 rings (SSSR count). The topological polar surface area (TPSA) is 66.8 Å². The molecule has 0 amide bonds.